The fraction of sp³-hybridized carbons (Fsp3) is 0.323. The largest absolute Gasteiger partial charge is 0.478 e. The van der Waals surface area contributed by atoms with Crippen LogP contribution in [0.25, 0.3) is 11.1 Å². The molecule has 7 nitrogen and oxygen atoms in total. The lowest BCUT2D eigenvalue weighted by Crippen LogP contribution is -2.53. The molecule has 2 amide bonds. The Balaban J connectivity index is 1.48. The monoisotopic (exact) mass is 593 g/mol. The van der Waals surface area contributed by atoms with Gasteiger partial charge in [-0.25, -0.2) is 9.18 Å². The van der Waals surface area contributed by atoms with Crippen molar-refractivity contribution in [2.45, 2.75) is 36.8 Å². The number of carboxylic acid groups (broad SMARTS) is 1. The van der Waals surface area contributed by atoms with Crippen LogP contribution in [-0.4, -0.2) is 46.9 Å². The summed E-state index contributed by atoms with van der Waals surface area (Å²) in [6.45, 7) is 1.09. The van der Waals surface area contributed by atoms with Gasteiger partial charge in [-0.1, -0.05) is 41.4 Å². The second-order valence-corrected chi connectivity index (χ2v) is 12.2. The first-order valence-corrected chi connectivity index (χ1v) is 14.4. The van der Waals surface area contributed by atoms with Crippen LogP contribution in [0.5, 0.6) is 0 Å². The van der Waals surface area contributed by atoms with Gasteiger partial charge in [-0.05, 0) is 78.3 Å². The number of rotatable bonds is 5. The second kappa shape index (κ2) is 9.54. The Hall–Kier alpha value is -3.46. The van der Waals surface area contributed by atoms with Crippen LogP contribution >= 0.6 is 23.2 Å². The number of hydrogen-bond donors (Lipinski definition) is 3. The van der Waals surface area contributed by atoms with E-state index in [0.717, 1.165) is 12.8 Å². The van der Waals surface area contributed by atoms with Crippen molar-refractivity contribution in [1.82, 2.24) is 10.2 Å². The number of halogens is 3. The molecule has 4 atom stereocenters. The molecule has 3 aromatic carbocycles. The number of hydrogen-bond acceptors (Lipinski definition) is 4. The molecule has 41 heavy (non-hydrogen) atoms. The quantitative estimate of drug-likeness (QED) is 0.354. The van der Waals surface area contributed by atoms with E-state index < -0.39 is 29.2 Å². The third-order valence-electron chi connectivity index (χ3n) is 9.11. The predicted octanol–water partition coefficient (Wildman–Crippen LogP) is 5.66. The summed E-state index contributed by atoms with van der Waals surface area (Å²) < 4.78 is 16.3. The first kappa shape index (κ1) is 26.4. The minimum atomic E-state index is -1.35. The number of fused-ring (bicyclic) bond motifs is 3. The molecule has 4 aliphatic rings. The number of carbonyl (C=O) groups is 3. The molecule has 0 aromatic heterocycles. The highest BCUT2D eigenvalue weighted by Crippen LogP contribution is 2.62. The zero-order valence-corrected chi connectivity index (χ0v) is 23.3. The topological polar surface area (TPSA) is 98.7 Å². The molecule has 3 heterocycles. The number of nitrogens with one attached hydrogen (secondary N) is 2. The van der Waals surface area contributed by atoms with Crippen molar-refractivity contribution in [3.05, 3.63) is 87.2 Å². The van der Waals surface area contributed by atoms with Gasteiger partial charge in [0, 0.05) is 41.3 Å². The lowest BCUT2D eigenvalue weighted by atomic mass is 9.70. The summed E-state index contributed by atoms with van der Waals surface area (Å²) in [5.74, 6) is -3.45. The Morgan fingerprint density at radius 2 is 1.78 bits per heavy atom. The van der Waals surface area contributed by atoms with E-state index >= 15 is 4.39 Å². The first-order chi connectivity index (χ1) is 19.7. The van der Waals surface area contributed by atoms with Gasteiger partial charge in [0.25, 0.3) is 0 Å². The number of anilines is 1. The number of carbonyl (C=O) groups excluding carboxylic acids is 2. The fourth-order valence-corrected chi connectivity index (χ4v) is 7.61. The van der Waals surface area contributed by atoms with Gasteiger partial charge in [-0.3, -0.25) is 14.5 Å². The summed E-state index contributed by atoms with van der Waals surface area (Å²) in [4.78, 5) is 41.5. The Kier molecular flexibility index (Phi) is 6.15. The Labute approximate surface area is 245 Å². The molecule has 0 bridgehead atoms. The maximum atomic E-state index is 16.3. The van der Waals surface area contributed by atoms with Crippen LogP contribution in [-0.2, 0) is 15.1 Å². The Bertz CT molecular complexity index is 1630. The summed E-state index contributed by atoms with van der Waals surface area (Å²) in [6.07, 6.45) is 2.71. The molecule has 0 radical (unpaired) electrons. The van der Waals surface area contributed by atoms with Gasteiger partial charge in [0.1, 0.15) is 11.4 Å². The molecule has 1 spiro atoms. The lowest BCUT2D eigenvalue weighted by molar-refractivity contribution is -0.128. The number of amides is 2. The molecule has 3 N–H and O–H groups in total. The SMILES string of the molecule is O=C(O)c1ccc(-c2cc(Cl)c(F)c([C@H]3[C@@H]4C(=O)NCC[C@@H]4N(CC4CC4)[C@@]34C(=O)Nc3cc(Cl)ccc34)c2)cc1. The number of piperidine rings is 1. The van der Waals surface area contributed by atoms with Crippen LogP contribution in [0.2, 0.25) is 10.0 Å². The van der Waals surface area contributed by atoms with Gasteiger partial charge in [-0.2, -0.15) is 0 Å². The minimum absolute atomic E-state index is 0.118. The number of benzene rings is 3. The minimum Gasteiger partial charge on any atom is -0.478 e. The number of nitrogens with zero attached hydrogens (tertiary/aromatic N) is 1. The van der Waals surface area contributed by atoms with Crippen LogP contribution < -0.4 is 10.6 Å². The van der Waals surface area contributed by atoms with Crippen molar-refractivity contribution in [2.24, 2.45) is 11.8 Å². The zero-order valence-electron chi connectivity index (χ0n) is 21.8. The smallest absolute Gasteiger partial charge is 0.335 e. The molecule has 1 saturated carbocycles. The van der Waals surface area contributed by atoms with Crippen LogP contribution in [0.1, 0.15) is 46.7 Å². The number of aromatic carboxylic acids is 1. The van der Waals surface area contributed by atoms with Gasteiger partial charge >= 0.3 is 5.97 Å². The van der Waals surface area contributed by atoms with E-state index in [1.807, 2.05) is 6.07 Å². The van der Waals surface area contributed by atoms with E-state index in [9.17, 15) is 19.5 Å². The van der Waals surface area contributed by atoms with Crippen molar-refractivity contribution >= 4 is 46.7 Å². The van der Waals surface area contributed by atoms with E-state index in [-0.39, 0.29) is 34.0 Å². The summed E-state index contributed by atoms with van der Waals surface area (Å²) in [5, 5.41) is 15.6. The van der Waals surface area contributed by atoms with E-state index in [1.165, 1.54) is 18.2 Å². The van der Waals surface area contributed by atoms with Crippen LogP contribution in [0.15, 0.2) is 54.6 Å². The summed E-state index contributed by atoms with van der Waals surface area (Å²) >= 11 is 12.8. The highest BCUT2D eigenvalue weighted by molar-refractivity contribution is 6.31. The molecule has 1 aliphatic carbocycles. The molecular weight excluding hydrogens is 568 g/mol. The maximum absolute atomic E-state index is 16.3. The van der Waals surface area contributed by atoms with Crippen LogP contribution in [0, 0.1) is 17.7 Å². The second-order valence-electron chi connectivity index (χ2n) is 11.4. The molecule has 0 unspecified atom stereocenters. The number of carboxylic acids is 1. The molecular formula is C31H26Cl2FN3O4. The van der Waals surface area contributed by atoms with Gasteiger partial charge in [-0.15, -0.1) is 0 Å². The predicted molar refractivity (Wildman–Crippen MR) is 153 cm³/mol. The molecule has 2 saturated heterocycles. The molecule has 3 aliphatic heterocycles. The van der Waals surface area contributed by atoms with E-state index in [1.54, 1.807) is 30.3 Å². The van der Waals surface area contributed by atoms with Gasteiger partial charge in [0.15, 0.2) is 0 Å². The number of likely N-dealkylation sites (tertiary alicyclic amines) is 1. The zero-order chi connectivity index (χ0) is 28.6. The maximum Gasteiger partial charge on any atom is 0.335 e. The normalized spacial score (nSPS) is 27.0. The van der Waals surface area contributed by atoms with E-state index in [2.05, 4.69) is 15.5 Å². The summed E-state index contributed by atoms with van der Waals surface area (Å²) in [5.41, 5.74) is 1.36. The molecule has 10 heteroatoms. The summed E-state index contributed by atoms with van der Waals surface area (Å²) in [7, 11) is 0. The van der Waals surface area contributed by atoms with Gasteiger partial charge in [0.05, 0.1) is 16.5 Å². The average Bonchev–Trinajstić information content (AvgIpc) is 3.66. The van der Waals surface area contributed by atoms with Crippen molar-refractivity contribution in [1.29, 1.82) is 0 Å². The third kappa shape index (κ3) is 3.99. The Morgan fingerprint density at radius 1 is 1.02 bits per heavy atom. The first-order valence-electron chi connectivity index (χ1n) is 13.7. The van der Waals surface area contributed by atoms with E-state index in [4.69, 9.17) is 23.2 Å². The highest BCUT2D eigenvalue weighted by Gasteiger charge is 2.69. The summed E-state index contributed by atoms with van der Waals surface area (Å²) in [6, 6.07) is 14.3. The highest BCUT2D eigenvalue weighted by atomic mass is 35.5. The standard InChI is InChI=1S/C31H26Cl2FN3O4/c32-19-7-8-21-23(13-19)36-30(41)31(21)26(25-24(9-10-35-28(25)38)37(31)14-15-1-2-15)20-11-18(12-22(33)27(20)34)16-3-5-17(6-4-16)29(39)40/h3-8,11-13,15,24-26H,1-2,9-10,14H2,(H,35,38)(H,36,41)(H,39,40)/t24-,25+,26-,31+/m0/s1. The van der Waals surface area contributed by atoms with Crippen LogP contribution in [0.3, 0.4) is 0 Å². The molecule has 3 fully saturated rings. The molecule has 3 aromatic rings. The van der Waals surface area contributed by atoms with Crippen molar-refractivity contribution in [3.8, 4) is 11.1 Å². The van der Waals surface area contributed by atoms with Crippen molar-refractivity contribution < 1.29 is 23.9 Å². The van der Waals surface area contributed by atoms with E-state index in [0.29, 0.717) is 52.8 Å². The third-order valence-corrected chi connectivity index (χ3v) is 9.62. The lowest BCUT2D eigenvalue weighted by Gasteiger charge is -2.40. The van der Waals surface area contributed by atoms with Crippen molar-refractivity contribution in [2.75, 3.05) is 18.4 Å². The molecule has 210 valence electrons. The average molecular weight is 594 g/mol. The molecule has 7 rings (SSSR count). The van der Waals surface area contributed by atoms with Gasteiger partial charge < -0.3 is 15.7 Å². The Morgan fingerprint density at radius 3 is 2.49 bits per heavy atom. The van der Waals surface area contributed by atoms with Gasteiger partial charge in [0.2, 0.25) is 11.8 Å². The fourth-order valence-electron chi connectivity index (χ4n) is 7.21. The van der Waals surface area contributed by atoms with Crippen LogP contribution in [0.4, 0.5) is 10.1 Å². The van der Waals surface area contributed by atoms with Crippen molar-refractivity contribution in [3.63, 3.8) is 0 Å².